The molecule has 0 aliphatic rings. The maximum atomic E-state index is 11.9. The van der Waals surface area contributed by atoms with Gasteiger partial charge in [0.15, 0.2) is 6.29 Å². The first-order valence-corrected chi connectivity index (χ1v) is 6.52. The van der Waals surface area contributed by atoms with Crippen molar-refractivity contribution in [2.45, 2.75) is 0 Å². The number of nitro groups is 1. The van der Waals surface area contributed by atoms with Crippen LogP contribution in [0.3, 0.4) is 0 Å². The SMILES string of the molecule is O=Cc1cc(Br)ccc1OC(=O)c1ccc([N+](=O)[O-])cc1. The molecule has 0 unspecified atom stereocenters. The number of aldehydes is 1. The Morgan fingerprint density at radius 1 is 1.19 bits per heavy atom. The van der Waals surface area contributed by atoms with Gasteiger partial charge in [-0.3, -0.25) is 14.9 Å². The smallest absolute Gasteiger partial charge is 0.343 e. The molecule has 2 rings (SSSR count). The normalized spacial score (nSPS) is 9.95. The highest BCUT2D eigenvalue weighted by Gasteiger charge is 2.13. The molecule has 106 valence electrons. The lowest BCUT2D eigenvalue weighted by molar-refractivity contribution is -0.384. The van der Waals surface area contributed by atoms with Crippen molar-refractivity contribution in [2.24, 2.45) is 0 Å². The van der Waals surface area contributed by atoms with E-state index < -0.39 is 10.9 Å². The molecule has 21 heavy (non-hydrogen) atoms. The zero-order valence-electron chi connectivity index (χ0n) is 10.5. The summed E-state index contributed by atoms with van der Waals surface area (Å²) >= 11 is 3.21. The average Bonchev–Trinajstić information content (AvgIpc) is 2.49. The van der Waals surface area contributed by atoms with Gasteiger partial charge in [0.1, 0.15) is 5.75 Å². The van der Waals surface area contributed by atoms with Crippen molar-refractivity contribution in [2.75, 3.05) is 0 Å². The van der Waals surface area contributed by atoms with Gasteiger partial charge in [-0.25, -0.2) is 4.79 Å². The first-order valence-electron chi connectivity index (χ1n) is 5.72. The van der Waals surface area contributed by atoms with Crippen molar-refractivity contribution in [1.82, 2.24) is 0 Å². The van der Waals surface area contributed by atoms with Gasteiger partial charge >= 0.3 is 5.97 Å². The molecule has 0 spiro atoms. The Morgan fingerprint density at radius 2 is 1.86 bits per heavy atom. The van der Waals surface area contributed by atoms with Crippen LogP contribution in [0.5, 0.6) is 5.75 Å². The molecule has 2 aromatic carbocycles. The van der Waals surface area contributed by atoms with Crippen LogP contribution < -0.4 is 4.74 Å². The van der Waals surface area contributed by atoms with E-state index in [1.54, 1.807) is 6.07 Å². The zero-order valence-corrected chi connectivity index (χ0v) is 12.1. The number of rotatable bonds is 4. The first kappa shape index (κ1) is 14.9. The lowest BCUT2D eigenvalue weighted by Crippen LogP contribution is -2.09. The van der Waals surface area contributed by atoms with Gasteiger partial charge in [0, 0.05) is 16.6 Å². The minimum absolute atomic E-state index is 0.122. The van der Waals surface area contributed by atoms with Crippen molar-refractivity contribution in [1.29, 1.82) is 0 Å². The van der Waals surface area contributed by atoms with Crippen LogP contribution in [0.4, 0.5) is 5.69 Å². The number of halogens is 1. The number of nitrogens with zero attached hydrogens (tertiary/aromatic N) is 1. The maximum absolute atomic E-state index is 11.9. The fraction of sp³-hybridized carbons (Fsp3) is 0. The third kappa shape index (κ3) is 3.51. The quantitative estimate of drug-likeness (QED) is 0.277. The number of carbonyl (C=O) groups excluding carboxylic acids is 2. The third-order valence-corrected chi connectivity index (χ3v) is 3.11. The molecule has 0 N–H and O–H groups in total. The monoisotopic (exact) mass is 349 g/mol. The largest absolute Gasteiger partial charge is 0.422 e. The predicted octanol–water partition coefficient (Wildman–Crippen LogP) is 3.39. The van der Waals surface area contributed by atoms with Gasteiger partial charge in [-0.2, -0.15) is 0 Å². The summed E-state index contributed by atoms with van der Waals surface area (Å²) < 4.78 is 5.80. The van der Waals surface area contributed by atoms with Crippen LogP contribution in [0.25, 0.3) is 0 Å². The summed E-state index contributed by atoms with van der Waals surface area (Å²) in [6.07, 6.45) is 0.573. The summed E-state index contributed by atoms with van der Waals surface area (Å²) in [5, 5.41) is 10.5. The number of hydrogen-bond acceptors (Lipinski definition) is 5. The number of nitro benzene ring substituents is 1. The molecule has 0 saturated heterocycles. The molecule has 0 radical (unpaired) electrons. The van der Waals surface area contributed by atoms with Crippen LogP contribution >= 0.6 is 15.9 Å². The van der Waals surface area contributed by atoms with Crippen molar-refractivity contribution in [3.8, 4) is 5.75 Å². The summed E-state index contributed by atoms with van der Waals surface area (Å²) in [4.78, 5) is 32.8. The van der Waals surface area contributed by atoms with Crippen LogP contribution in [0.1, 0.15) is 20.7 Å². The van der Waals surface area contributed by atoms with Gasteiger partial charge in [0.05, 0.1) is 16.1 Å². The average molecular weight is 350 g/mol. The van der Waals surface area contributed by atoms with Crippen LogP contribution in [-0.4, -0.2) is 17.2 Å². The molecule has 2 aromatic rings. The van der Waals surface area contributed by atoms with Crippen LogP contribution in [0.15, 0.2) is 46.9 Å². The Balaban J connectivity index is 2.21. The van der Waals surface area contributed by atoms with E-state index >= 15 is 0 Å². The second-order valence-electron chi connectivity index (χ2n) is 3.99. The van der Waals surface area contributed by atoms with E-state index in [1.807, 2.05) is 0 Å². The topological polar surface area (TPSA) is 86.5 Å². The Kier molecular flexibility index (Phi) is 4.44. The second-order valence-corrected chi connectivity index (χ2v) is 4.91. The van der Waals surface area contributed by atoms with Gasteiger partial charge < -0.3 is 4.74 Å². The molecule has 0 atom stereocenters. The fourth-order valence-electron chi connectivity index (χ4n) is 1.58. The highest BCUT2D eigenvalue weighted by Crippen LogP contribution is 2.23. The Hall–Kier alpha value is -2.54. The van der Waals surface area contributed by atoms with E-state index in [2.05, 4.69) is 15.9 Å². The van der Waals surface area contributed by atoms with E-state index in [9.17, 15) is 19.7 Å². The highest BCUT2D eigenvalue weighted by molar-refractivity contribution is 9.10. The summed E-state index contributed by atoms with van der Waals surface area (Å²) in [5.41, 5.74) is 0.253. The molecule has 0 amide bonds. The van der Waals surface area contributed by atoms with Crippen LogP contribution in [0.2, 0.25) is 0 Å². The first-order chi connectivity index (χ1) is 10.0. The van der Waals surface area contributed by atoms with Gasteiger partial charge in [-0.1, -0.05) is 15.9 Å². The lowest BCUT2D eigenvalue weighted by atomic mass is 10.2. The molecular formula is C14H8BrNO5. The van der Waals surface area contributed by atoms with E-state index in [0.717, 1.165) is 0 Å². The van der Waals surface area contributed by atoms with Crippen molar-refractivity contribution in [3.63, 3.8) is 0 Å². The number of hydrogen-bond donors (Lipinski definition) is 0. The summed E-state index contributed by atoms with van der Waals surface area (Å²) in [7, 11) is 0. The van der Waals surface area contributed by atoms with Crippen molar-refractivity contribution in [3.05, 3.63) is 68.2 Å². The number of ether oxygens (including phenoxy) is 1. The maximum Gasteiger partial charge on any atom is 0.343 e. The predicted molar refractivity (Wildman–Crippen MR) is 77.6 cm³/mol. The van der Waals surface area contributed by atoms with E-state index in [0.29, 0.717) is 10.8 Å². The van der Waals surface area contributed by atoms with E-state index in [4.69, 9.17) is 4.74 Å². The summed E-state index contributed by atoms with van der Waals surface area (Å²) in [5.74, 6) is -0.577. The summed E-state index contributed by atoms with van der Waals surface area (Å²) in [6, 6.07) is 9.63. The fourth-order valence-corrected chi connectivity index (χ4v) is 1.96. The molecule has 7 heteroatoms. The molecule has 0 bridgehead atoms. The number of carbonyl (C=O) groups is 2. The molecule has 6 nitrogen and oxygen atoms in total. The Bertz CT molecular complexity index is 712. The molecule has 0 fully saturated rings. The molecule has 0 aliphatic carbocycles. The molecular weight excluding hydrogens is 342 g/mol. The number of non-ortho nitro benzene ring substituents is 1. The molecule has 0 heterocycles. The van der Waals surface area contributed by atoms with Crippen LogP contribution in [0, 0.1) is 10.1 Å². The number of benzene rings is 2. The standard InChI is InChI=1S/C14H8BrNO5/c15-11-3-6-13(10(7-11)8-17)21-14(18)9-1-4-12(5-2-9)16(19)20/h1-8H. The minimum Gasteiger partial charge on any atom is -0.422 e. The van der Waals surface area contributed by atoms with E-state index in [-0.39, 0.29) is 22.6 Å². The van der Waals surface area contributed by atoms with Gasteiger partial charge in [-0.05, 0) is 30.3 Å². The second kappa shape index (κ2) is 6.27. The van der Waals surface area contributed by atoms with E-state index in [1.165, 1.54) is 36.4 Å². The zero-order chi connectivity index (χ0) is 15.4. The third-order valence-electron chi connectivity index (χ3n) is 2.62. The van der Waals surface area contributed by atoms with Crippen molar-refractivity contribution < 1.29 is 19.2 Å². The van der Waals surface area contributed by atoms with Gasteiger partial charge in [0.25, 0.3) is 5.69 Å². The lowest BCUT2D eigenvalue weighted by Gasteiger charge is -2.06. The minimum atomic E-state index is -0.699. The highest BCUT2D eigenvalue weighted by atomic mass is 79.9. The number of esters is 1. The molecule has 0 saturated carbocycles. The van der Waals surface area contributed by atoms with Crippen molar-refractivity contribution >= 4 is 33.9 Å². The van der Waals surface area contributed by atoms with Gasteiger partial charge in [0.2, 0.25) is 0 Å². The van der Waals surface area contributed by atoms with Crippen LogP contribution in [-0.2, 0) is 0 Å². The summed E-state index contributed by atoms with van der Waals surface area (Å²) in [6.45, 7) is 0. The Morgan fingerprint density at radius 3 is 2.43 bits per heavy atom. The molecule has 0 aromatic heterocycles. The van der Waals surface area contributed by atoms with Gasteiger partial charge in [-0.15, -0.1) is 0 Å². The molecule has 0 aliphatic heterocycles. The Labute approximate surface area is 127 Å².